The zero-order valence-corrected chi connectivity index (χ0v) is 17.4. The van der Waals surface area contributed by atoms with Crippen LogP contribution in [0.4, 0.5) is 5.69 Å². The van der Waals surface area contributed by atoms with Crippen molar-refractivity contribution in [1.29, 1.82) is 0 Å². The lowest BCUT2D eigenvalue weighted by molar-refractivity contribution is -0.136. The molecule has 0 saturated carbocycles. The van der Waals surface area contributed by atoms with E-state index in [-0.39, 0.29) is 30.0 Å². The molecule has 0 aliphatic rings. The number of fused-ring (bicyclic) bond motifs is 1. The lowest BCUT2D eigenvalue weighted by Crippen LogP contribution is -2.44. The van der Waals surface area contributed by atoms with Crippen LogP contribution in [0.3, 0.4) is 0 Å². The summed E-state index contributed by atoms with van der Waals surface area (Å²) in [6.07, 6.45) is 1.47. The number of nitrogens with two attached hydrogens (primary N) is 2. The zero-order chi connectivity index (χ0) is 23.0. The maximum absolute atomic E-state index is 12.7. The molecule has 2 aromatic rings. The van der Waals surface area contributed by atoms with E-state index in [1.165, 1.54) is 6.07 Å². The Hall–Kier alpha value is -3.24. The van der Waals surface area contributed by atoms with Gasteiger partial charge in [-0.05, 0) is 50.4 Å². The number of hydrogen-bond acceptors (Lipinski definition) is 7. The van der Waals surface area contributed by atoms with Gasteiger partial charge in [0, 0.05) is 30.1 Å². The van der Waals surface area contributed by atoms with E-state index < -0.39 is 30.0 Å². The molecule has 7 N–H and O–H groups in total. The Labute approximate surface area is 179 Å². The highest BCUT2D eigenvalue weighted by atomic mass is 16.4. The van der Waals surface area contributed by atoms with Crippen molar-refractivity contribution in [3.8, 4) is 0 Å². The van der Waals surface area contributed by atoms with E-state index >= 15 is 0 Å². The second-order valence-electron chi connectivity index (χ2n) is 7.21. The normalized spacial score (nSPS) is 11.8. The van der Waals surface area contributed by atoms with Crippen LogP contribution in [0, 0.1) is 6.92 Å². The monoisotopic (exact) mass is 432 g/mol. The van der Waals surface area contributed by atoms with Crippen LogP contribution in [0.5, 0.6) is 0 Å². The molecule has 0 aliphatic carbocycles. The highest BCUT2D eigenvalue weighted by molar-refractivity contribution is 5.98. The summed E-state index contributed by atoms with van der Waals surface area (Å²) in [6, 6.07) is 4.00. The van der Waals surface area contributed by atoms with Crippen LogP contribution < -0.4 is 27.7 Å². The molecule has 0 spiro atoms. The third-order valence-corrected chi connectivity index (χ3v) is 4.85. The molecule has 0 bridgehead atoms. The summed E-state index contributed by atoms with van der Waals surface area (Å²) in [4.78, 5) is 47.8. The van der Waals surface area contributed by atoms with Gasteiger partial charge in [-0.2, -0.15) is 0 Å². The molecule has 10 nitrogen and oxygen atoms in total. The van der Waals surface area contributed by atoms with Gasteiger partial charge >= 0.3 is 11.6 Å². The smallest absolute Gasteiger partial charge is 0.340 e. The Kier molecular flexibility index (Phi) is 8.71. The predicted molar refractivity (Wildman–Crippen MR) is 116 cm³/mol. The fourth-order valence-corrected chi connectivity index (χ4v) is 3.22. The first kappa shape index (κ1) is 24.0. The van der Waals surface area contributed by atoms with E-state index in [4.69, 9.17) is 21.0 Å². The quantitative estimate of drug-likeness (QED) is 0.253. The number of unbranched alkanes of at least 4 members (excludes halogenated alkanes) is 1. The van der Waals surface area contributed by atoms with Crippen LogP contribution in [0.15, 0.2) is 27.4 Å². The number of anilines is 1. The number of carboxylic acids is 1. The molecule has 2 rings (SSSR count). The average Bonchev–Trinajstić information content (AvgIpc) is 2.70. The third kappa shape index (κ3) is 6.63. The fourth-order valence-electron chi connectivity index (χ4n) is 3.22. The number of carboxylic acid groups (broad SMARTS) is 1. The van der Waals surface area contributed by atoms with Crippen LogP contribution >= 0.6 is 0 Å². The van der Waals surface area contributed by atoms with Crippen molar-refractivity contribution in [1.82, 2.24) is 5.32 Å². The third-order valence-electron chi connectivity index (χ3n) is 4.85. The number of aliphatic carboxylic acids is 1. The van der Waals surface area contributed by atoms with Gasteiger partial charge in [0.2, 0.25) is 11.8 Å². The average molecular weight is 432 g/mol. The molecule has 168 valence electrons. The summed E-state index contributed by atoms with van der Waals surface area (Å²) in [6.45, 7) is 2.31. The Bertz CT molecular complexity index is 1020. The number of carbonyl (C=O) groups excluding carboxylic acids is 2. The van der Waals surface area contributed by atoms with E-state index in [2.05, 4.69) is 10.6 Å². The Morgan fingerprint density at radius 1 is 1.16 bits per heavy atom. The van der Waals surface area contributed by atoms with Crippen molar-refractivity contribution in [2.45, 2.75) is 45.1 Å². The summed E-state index contributed by atoms with van der Waals surface area (Å²) in [7, 11) is 0. The lowest BCUT2D eigenvalue weighted by Gasteiger charge is -2.18. The van der Waals surface area contributed by atoms with Gasteiger partial charge in [0.15, 0.2) is 0 Å². The van der Waals surface area contributed by atoms with Crippen LogP contribution in [-0.2, 0) is 20.8 Å². The number of hydrogen-bond donors (Lipinski definition) is 5. The van der Waals surface area contributed by atoms with E-state index in [0.717, 1.165) is 6.42 Å². The molecule has 0 radical (unpaired) electrons. The maximum Gasteiger partial charge on any atom is 0.340 e. The molecule has 2 amide bonds. The minimum absolute atomic E-state index is 0.0827. The SMILES string of the molecule is Cc1c(CC(=O)O)c(=O)oc2cc(NC(=O)[C@H](CCCCN)NC(=O)CCN)ccc12. The minimum atomic E-state index is -1.13. The fraction of sp³-hybridized carbons (Fsp3) is 0.429. The first-order valence-electron chi connectivity index (χ1n) is 10.0. The number of nitrogens with one attached hydrogen (secondary N) is 2. The van der Waals surface area contributed by atoms with Crippen molar-refractivity contribution >= 4 is 34.4 Å². The molecule has 31 heavy (non-hydrogen) atoms. The van der Waals surface area contributed by atoms with E-state index in [1.807, 2.05) is 0 Å². The second kappa shape index (κ2) is 11.2. The topological polar surface area (TPSA) is 178 Å². The Morgan fingerprint density at radius 2 is 1.90 bits per heavy atom. The number of carbonyl (C=O) groups is 3. The first-order chi connectivity index (χ1) is 14.8. The molecule has 1 heterocycles. The number of rotatable bonds is 11. The van der Waals surface area contributed by atoms with Crippen LogP contribution in [0.2, 0.25) is 0 Å². The van der Waals surface area contributed by atoms with Crippen molar-refractivity contribution < 1.29 is 23.9 Å². The highest BCUT2D eigenvalue weighted by Crippen LogP contribution is 2.23. The van der Waals surface area contributed by atoms with E-state index in [9.17, 15) is 19.2 Å². The van der Waals surface area contributed by atoms with Crippen molar-refractivity contribution in [3.05, 3.63) is 39.7 Å². The second-order valence-corrected chi connectivity index (χ2v) is 7.21. The van der Waals surface area contributed by atoms with Gasteiger partial charge in [0.1, 0.15) is 11.6 Å². The molecular formula is C21H28N4O6. The van der Waals surface area contributed by atoms with Crippen molar-refractivity contribution in [2.75, 3.05) is 18.4 Å². The van der Waals surface area contributed by atoms with E-state index in [1.54, 1.807) is 19.1 Å². The van der Waals surface area contributed by atoms with E-state index in [0.29, 0.717) is 36.0 Å². The lowest BCUT2D eigenvalue weighted by atomic mass is 10.0. The first-order valence-corrected chi connectivity index (χ1v) is 10.0. The molecule has 10 heteroatoms. The molecule has 1 aromatic heterocycles. The van der Waals surface area contributed by atoms with Gasteiger partial charge < -0.3 is 31.6 Å². The molecule has 0 aliphatic heterocycles. The van der Waals surface area contributed by atoms with Gasteiger partial charge in [0.05, 0.1) is 12.0 Å². The Balaban J connectivity index is 2.24. The molecule has 1 atom stereocenters. The zero-order valence-electron chi connectivity index (χ0n) is 17.4. The summed E-state index contributed by atoms with van der Waals surface area (Å²) >= 11 is 0. The van der Waals surface area contributed by atoms with Crippen LogP contribution in [-0.4, -0.2) is 42.0 Å². The highest BCUT2D eigenvalue weighted by Gasteiger charge is 2.21. The number of amides is 2. The largest absolute Gasteiger partial charge is 0.481 e. The van der Waals surface area contributed by atoms with Crippen LogP contribution in [0.1, 0.15) is 36.8 Å². The standard InChI is InChI=1S/C21H28N4O6/c1-12-14-6-5-13(10-17(14)31-21(30)15(12)11-19(27)28)24-20(29)16(4-2-3-8-22)25-18(26)7-9-23/h5-6,10,16H,2-4,7-9,11,22-23H2,1H3,(H,24,29)(H,25,26)(H,27,28)/t16-/m0/s1. The molecule has 0 saturated heterocycles. The van der Waals surface area contributed by atoms with Gasteiger partial charge in [-0.15, -0.1) is 0 Å². The molecule has 0 unspecified atom stereocenters. The van der Waals surface area contributed by atoms with Crippen LogP contribution in [0.25, 0.3) is 11.0 Å². The summed E-state index contributed by atoms with van der Waals surface area (Å²) in [5.41, 5.74) is 11.4. The van der Waals surface area contributed by atoms with Gasteiger partial charge in [0.25, 0.3) is 0 Å². The summed E-state index contributed by atoms with van der Waals surface area (Å²) in [5.74, 6) is -1.86. The number of benzene rings is 1. The van der Waals surface area contributed by atoms with Gasteiger partial charge in [-0.25, -0.2) is 4.79 Å². The molecular weight excluding hydrogens is 404 g/mol. The summed E-state index contributed by atoms with van der Waals surface area (Å²) < 4.78 is 5.27. The Morgan fingerprint density at radius 3 is 2.55 bits per heavy atom. The van der Waals surface area contributed by atoms with Crippen molar-refractivity contribution in [2.24, 2.45) is 11.5 Å². The molecule has 1 aromatic carbocycles. The number of aryl methyl sites for hydroxylation is 1. The molecule has 0 fully saturated rings. The maximum atomic E-state index is 12.7. The van der Waals surface area contributed by atoms with Gasteiger partial charge in [-0.1, -0.05) is 0 Å². The summed E-state index contributed by atoms with van der Waals surface area (Å²) in [5, 5.41) is 15.0. The van der Waals surface area contributed by atoms with Crippen molar-refractivity contribution in [3.63, 3.8) is 0 Å². The minimum Gasteiger partial charge on any atom is -0.481 e. The predicted octanol–water partition coefficient (Wildman–Crippen LogP) is 0.630. The van der Waals surface area contributed by atoms with Gasteiger partial charge in [-0.3, -0.25) is 14.4 Å².